The third-order valence-electron chi connectivity index (χ3n) is 1.78. The molecule has 0 aliphatic rings. The lowest BCUT2D eigenvalue weighted by molar-refractivity contribution is 0.184. The first kappa shape index (κ1) is 9.16. The summed E-state index contributed by atoms with van der Waals surface area (Å²) in [7, 11) is 0. The van der Waals surface area contributed by atoms with E-state index in [9.17, 15) is 9.50 Å². The van der Waals surface area contributed by atoms with Gasteiger partial charge in [0.15, 0.2) is 0 Å². The van der Waals surface area contributed by atoms with Gasteiger partial charge in [0, 0.05) is 6.54 Å². The van der Waals surface area contributed by atoms with Crippen molar-refractivity contribution in [2.24, 2.45) is 5.73 Å². The van der Waals surface area contributed by atoms with Gasteiger partial charge >= 0.3 is 0 Å². The minimum atomic E-state index is -0.753. The molecular formula is C9H12FNO. The van der Waals surface area contributed by atoms with Crippen LogP contribution in [0.1, 0.15) is 17.2 Å². The topological polar surface area (TPSA) is 46.2 Å². The third-order valence-corrected chi connectivity index (χ3v) is 1.78. The van der Waals surface area contributed by atoms with Crippen molar-refractivity contribution in [2.75, 3.05) is 6.54 Å². The third kappa shape index (κ3) is 1.81. The lowest BCUT2D eigenvalue weighted by Gasteiger charge is -2.10. The fraction of sp³-hybridized carbons (Fsp3) is 0.333. The second kappa shape index (κ2) is 4.18. The summed E-state index contributed by atoms with van der Waals surface area (Å²) in [6, 6.07) is 6.83. The van der Waals surface area contributed by atoms with Crippen LogP contribution < -0.4 is 5.73 Å². The van der Waals surface area contributed by atoms with E-state index in [1.807, 2.05) is 0 Å². The predicted molar refractivity (Wildman–Crippen MR) is 45.3 cm³/mol. The molecule has 0 amide bonds. The molecule has 1 rings (SSSR count). The Balaban J connectivity index is 2.96. The normalized spacial score (nSPS) is 12.9. The number of alkyl halides is 1. The van der Waals surface area contributed by atoms with Crippen LogP contribution in [0.4, 0.5) is 4.39 Å². The zero-order valence-corrected chi connectivity index (χ0v) is 6.70. The Morgan fingerprint density at radius 2 is 2.08 bits per heavy atom. The van der Waals surface area contributed by atoms with Gasteiger partial charge in [-0.1, -0.05) is 24.3 Å². The molecule has 0 bridgehead atoms. The Morgan fingerprint density at radius 1 is 1.42 bits per heavy atom. The lowest BCUT2D eigenvalue weighted by Crippen LogP contribution is -2.13. The first-order valence-electron chi connectivity index (χ1n) is 3.81. The zero-order valence-electron chi connectivity index (χ0n) is 6.70. The zero-order chi connectivity index (χ0) is 8.97. The highest BCUT2D eigenvalue weighted by atomic mass is 19.1. The fourth-order valence-corrected chi connectivity index (χ4v) is 1.11. The summed E-state index contributed by atoms with van der Waals surface area (Å²) in [5.74, 6) is 0. The molecule has 1 atom stereocenters. The molecule has 1 aromatic rings. The van der Waals surface area contributed by atoms with Crippen molar-refractivity contribution in [3.63, 3.8) is 0 Å². The van der Waals surface area contributed by atoms with Crippen molar-refractivity contribution in [1.29, 1.82) is 0 Å². The van der Waals surface area contributed by atoms with Crippen LogP contribution in [0.5, 0.6) is 0 Å². The van der Waals surface area contributed by atoms with Crippen molar-refractivity contribution in [3.8, 4) is 0 Å². The van der Waals surface area contributed by atoms with Crippen molar-refractivity contribution in [2.45, 2.75) is 12.8 Å². The van der Waals surface area contributed by atoms with Gasteiger partial charge in [-0.2, -0.15) is 0 Å². The van der Waals surface area contributed by atoms with Gasteiger partial charge in [-0.3, -0.25) is 0 Å². The first-order chi connectivity index (χ1) is 5.79. The monoisotopic (exact) mass is 169 g/mol. The number of nitrogens with two attached hydrogens (primary N) is 1. The van der Waals surface area contributed by atoms with Crippen molar-refractivity contribution < 1.29 is 9.50 Å². The van der Waals surface area contributed by atoms with Crippen LogP contribution in [-0.2, 0) is 6.67 Å². The second-order valence-corrected chi connectivity index (χ2v) is 2.58. The number of halogens is 1. The highest BCUT2D eigenvalue weighted by Crippen LogP contribution is 2.17. The van der Waals surface area contributed by atoms with Crippen molar-refractivity contribution in [1.82, 2.24) is 0 Å². The molecule has 0 fully saturated rings. The van der Waals surface area contributed by atoms with Gasteiger partial charge in [0.05, 0.1) is 6.10 Å². The molecule has 0 saturated heterocycles. The summed E-state index contributed by atoms with van der Waals surface area (Å²) >= 11 is 0. The smallest absolute Gasteiger partial charge is 0.115 e. The average molecular weight is 169 g/mol. The maximum absolute atomic E-state index is 12.3. The minimum absolute atomic E-state index is 0.122. The SMILES string of the molecule is NCC(O)c1ccccc1CF. The van der Waals surface area contributed by atoms with Gasteiger partial charge in [-0.15, -0.1) is 0 Å². The molecule has 1 unspecified atom stereocenters. The van der Waals surface area contributed by atoms with Crippen LogP contribution in [0, 0.1) is 0 Å². The van der Waals surface area contributed by atoms with Gasteiger partial charge in [-0.25, -0.2) is 4.39 Å². The van der Waals surface area contributed by atoms with E-state index in [0.717, 1.165) is 0 Å². The summed E-state index contributed by atoms with van der Waals surface area (Å²) in [4.78, 5) is 0. The minimum Gasteiger partial charge on any atom is -0.387 e. The van der Waals surface area contributed by atoms with Crippen LogP contribution in [-0.4, -0.2) is 11.7 Å². The number of hydrogen-bond acceptors (Lipinski definition) is 2. The molecule has 12 heavy (non-hydrogen) atoms. The Kier molecular flexibility index (Phi) is 3.19. The molecule has 2 nitrogen and oxygen atoms in total. The van der Waals surface area contributed by atoms with E-state index < -0.39 is 12.8 Å². The van der Waals surface area contributed by atoms with E-state index in [2.05, 4.69) is 0 Å². The van der Waals surface area contributed by atoms with E-state index in [1.165, 1.54) is 0 Å². The highest BCUT2D eigenvalue weighted by Gasteiger charge is 2.08. The van der Waals surface area contributed by atoms with E-state index in [0.29, 0.717) is 11.1 Å². The fourth-order valence-electron chi connectivity index (χ4n) is 1.11. The first-order valence-corrected chi connectivity index (χ1v) is 3.81. The molecule has 3 heteroatoms. The van der Waals surface area contributed by atoms with E-state index in [-0.39, 0.29) is 6.54 Å². The molecule has 0 spiro atoms. The van der Waals surface area contributed by atoms with Crippen LogP contribution >= 0.6 is 0 Å². The molecule has 1 aromatic carbocycles. The van der Waals surface area contributed by atoms with Gasteiger partial charge in [0.25, 0.3) is 0 Å². The highest BCUT2D eigenvalue weighted by molar-refractivity contribution is 5.28. The van der Waals surface area contributed by atoms with Gasteiger partial charge in [0.1, 0.15) is 6.67 Å². The van der Waals surface area contributed by atoms with Crippen LogP contribution in [0.3, 0.4) is 0 Å². The van der Waals surface area contributed by atoms with E-state index in [1.54, 1.807) is 24.3 Å². The molecule has 0 aromatic heterocycles. The standard InChI is InChI=1S/C9H12FNO/c10-5-7-3-1-2-4-8(7)9(12)6-11/h1-4,9,12H,5-6,11H2. The summed E-state index contributed by atoms with van der Waals surface area (Å²) in [5, 5.41) is 9.35. The summed E-state index contributed by atoms with van der Waals surface area (Å²) in [6.07, 6.45) is -0.753. The molecular weight excluding hydrogens is 157 g/mol. The van der Waals surface area contributed by atoms with Gasteiger partial charge in [-0.05, 0) is 11.1 Å². The number of aliphatic hydroxyl groups is 1. The lowest BCUT2D eigenvalue weighted by atomic mass is 10.0. The van der Waals surface area contributed by atoms with Crippen LogP contribution in [0.2, 0.25) is 0 Å². The van der Waals surface area contributed by atoms with Gasteiger partial charge in [0.2, 0.25) is 0 Å². The molecule has 0 aliphatic heterocycles. The van der Waals surface area contributed by atoms with Crippen molar-refractivity contribution in [3.05, 3.63) is 35.4 Å². The van der Waals surface area contributed by atoms with E-state index in [4.69, 9.17) is 5.73 Å². The van der Waals surface area contributed by atoms with Crippen molar-refractivity contribution >= 4 is 0 Å². The summed E-state index contributed by atoms with van der Waals surface area (Å²) < 4.78 is 12.3. The largest absolute Gasteiger partial charge is 0.387 e. The number of benzene rings is 1. The van der Waals surface area contributed by atoms with Crippen LogP contribution in [0.15, 0.2) is 24.3 Å². The molecule has 0 heterocycles. The molecule has 3 N–H and O–H groups in total. The molecule has 0 saturated carbocycles. The molecule has 0 aliphatic carbocycles. The quantitative estimate of drug-likeness (QED) is 0.713. The number of hydrogen-bond donors (Lipinski definition) is 2. The Labute approximate surface area is 70.8 Å². The Hall–Kier alpha value is -0.930. The maximum Gasteiger partial charge on any atom is 0.115 e. The number of aliphatic hydroxyl groups excluding tert-OH is 1. The average Bonchev–Trinajstić information content (AvgIpc) is 2.16. The summed E-state index contributed by atoms with van der Waals surface area (Å²) in [6.45, 7) is -0.440. The second-order valence-electron chi connectivity index (χ2n) is 2.58. The summed E-state index contributed by atoms with van der Waals surface area (Å²) in [5.41, 5.74) is 6.35. The van der Waals surface area contributed by atoms with E-state index >= 15 is 0 Å². The molecule has 66 valence electrons. The predicted octanol–water partition coefficient (Wildman–Crippen LogP) is 1.15. The maximum atomic E-state index is 12.3. The Morgan fingerprint density at radius 3 is 2.67 bits per heavy atom. The molecule has 0 radical (unpaired) electrons. The van der Waals surface area contributed by atoms with Crippen LogP contribution in [0.25, 0.3) is 0 Å². The van der Waals surface area contributed by atoms with Gasteiger partial charge < -0.3 is 10.8 Å². The Bertz CT molecular complexity index is 252. The number of rotatable bonds is 3.